The number of nitrogens with one attached hydrogen (secondary N) is 1. The Hall–Kier alpha value is -4.35. The van der Waals surface area contributed by atoms with Crippen molar-refractivity contribution < 1.29 is 17.6 Å². The van der Waals surface area contributed by atoms with Gasteiger partial charge in [0.05, 0.1) is 0 Å². The number of hydrogen-bond donors (Lipinski definition) is 1. The van der Waals surface area contributed by atoms with Crippen molar-refractivity contribution in [3.63, 3.8) is 0 Å². The minimum atomic E-state index is -4.75. The zero-order valence-electron chi connectivity index (χ0n) is 23.5. The van der Waals surface area contributed by atoms with Gasteiger partial charge in [-0.2, -0.15) is 13.2 Å². The van der Waals surface area contributed by atoms with Crippen LogP contribution in [0.25, 0.3) is 39.4 Å². The van der Waals surface area contributed by atoms with E-state index in [1.807, 2.05) is 6.07 Å². The van der Waals surface area contributed by atoms with Crippen molar-refractivity contribution in [2.75, 3.05) is 0 Å². The van der Waals surface area contributed by atoms with Gasteiger partial charge in [0.25, 0.3) is 5.56 Å². The summed E-state index contributed by atoms with van der Waals surface area (Å²) < 4.78 is 60.3. The normalized spacial score (nSPS) is 16.3. The molecule has 1 N–H and O–H groups in total. The molecule has 8 nitrogen and oxygen atoms in total. The summed E-state index contributed by atoms with van der Waals surface area (Å²) in [7, 11) is 1.73. The SMILES string of the molecule is Cn1cnnc1-c1cc(F)ccc1-c1cc(C2CC2)nc(-n2cc(C(F)(F)F)c3nc(CC4CCCCC4)[nH]c3c2=O)c1. The summed E-state index contributed by atoms with van der Waals surface area (Å²) >= 11 is 0. The predicted molar refractivity (Wildman–Crippen MR) is 152 cm³/mol. The smallest absolute Gasteiger partial charge is 0.337 e. The highest BCUT2D eigenvalue weighted by Gasteiger charge is 2.36. The van der Waals surface area contributed by atoms with Crippen molar-refractivity contribution in [3.05, 3.63) is 76.1 Å². The maximum absolute atomic E-state index is 14.4. The van der Waals surface area contributed by atoms with Crippen LogP contribution < -0.4 is 5.56 Å². The number of aryl methyl sites for hydroxylation is 1. The van der Waals surface area contributed by atoms with Crippen LogP contribution in [-0.4, -0.2) is 34.3 Å². The predicted octanol–water partition coefficient (Wildman–Crippen LogP) is 6.73. The van der Waals surface area contributed by atoms with Crippen LogP contribution in [-0.2, 0) is 19.6 Å². The lowest BCUT2D eigenvalue weighted by Gasteiger charge is -2.20. The molecule has 5 aromatic rings. The molecule has 2 fully saturated rings. The fraction of sp³-hybridized carbons (Fsp3) is 0.387. The number of aromatic amines is 1. The third kappa shape index (κ3) is 5.23. The number of pyridine rings is 2. The Labute approximate surface area is 243 Å². The van der Waals surface area contributed by atoms with Gasteiger partial charge in [-0.25, -0.2) is 14.4 Å². The van der Waals surface area contributed by atoms with Crippen LogP contribution in [0.1, 0.15) is 67.9 Å². The lowest BCUT2D eigenvalue weighted by Crippen LogP contribution is -2.23. The van der Waals surface area contributed by atoms with Gasteiger partial charge in [0.15, 0.2) is 5.82 Å². The largest absolute Gasteiger partial charge is 0.419 e. The van der Waals surface area contributed by atoms with Crippen LogP contribution in [0.15, 0.2) is 47.7 Å². The summed E-state index contributed by atoms with van der Waals surface area (Å²) in [6, 6.07) is 7.65. The molecule has 7 rings (SSSR count). The summed E-state index contributed by atoms with van der Waals surface area (Å²) in [6.07, 6.45) is 5.12. The van der Waals surface area contributed by atoms with Gasteiger partial charge >= 0.3 is 6.18 Å². The second-order valence-corrected chi connectivity index (χ2v) is 11.7. The molecule has 0 aliphatic heterocycles. The average Bonchev–Trinajstić information content (AvgIpc) is 3.61. The first kappa shape index (κ1) is 27.5. The Morgan fingerprint density at radius 1 is 1.00 bits per heavy atom. The topological polar surface area (TPSA) is 94.3 Å². The van der Waals surface area contributed by atoms with Crippen molar-refractivity contribution in [1.29, 1.82) is 0 Å². The monoisotopic (exact) mass is 591 g/mol. The fourth-order valence-corrected chi connectivity index (χ4v) is 6.16. The zero-order chi connectivity index (χ0) is 29.9. The lowest BCUT2D eigenvalue weighted by atomic mass is 9.87. The van der Waals surface area contributed by atoms with E-state index in [0.29, 0.717) is 46.4 Å². The number of nitrogens with zero attached hydrogens (tertiary/aromatic N) is 6. The summed E-state index contributed by atoms with van der Waals surface area (Å²) in [5, 5.41) is 8.05. The second kappa shape index (κ2) is 10.4. The molecule has 2 aliphatic rings. The van der Waals surface area contributed by atoms with Crippen molar-refractivity contribution in [2.45, 2.75) is 63.5 Å². The second-order valence-electron chi connectivity index (χ2n) is 11.7. The number of halogens is 4. The van der Waals surface area contributed by atoms with Gasteiger partial charge in [0.2, 0.25) is 0 Å². The quantitative estimate of drug-likeness (QED) is 0.221. The molecule has 4 aromatic heterocycles. The van der Waals surface area contributed by atoms with Gasteiger partial charge in [-0.1, -0.05) is 38.2 Å². The van der Waals surface area contributed by atoms with Crippen molar-refractivity contribution in [1.82, 2.24) is 34.3 Å². The first-order chi connectivity index (χ1) is 20.7. The van der Waals surface area contributed by atoms with Crippen LogP contribution in [0.2, 0.25) is 0 Å². The van der Waals surface area contributed by atoms with Crippen LogP contribution in [0.5, 0.6) is 0 Å². The van der Waals surface area contributed by atoms with E-state index < -0.39 is 23.1 Å². The molecule has 2 saturated carbocycles. The van der Waals surface area contributed by atoms with Gasteiger partial charge in [0.1, 0.15) is 40.4 Å². The van der Waals surface area contributed by atoms with E-state index in [2.05, 4.69) is 25.1 Å². The van der Waals surface area contributed by atoms with E-state index in [-0.39, 0.29) is 22.8 Å². The van der Waals surface area contributed by atoms with Crippen LogP contribution in [0.3, 0.4) is 0 Å². The first-order valence-corrected chi connectivity index (χ1v) is 14.5. The molecule has 0 radical (unpaired) electrons. The van der Waals surface area contributed by atoms with Crippen LogP contribution in [0, 0.1) is 11.7 Å². The zero-order valence-corrected chi connectivity index (χ0v) is 23.5. The maximum Gasteiger partial charge on any atom is 0.419 e. The molecular weight excluding hydrogens is 562 g/mol. The number of imidazole rings is 1. The highest BCUT2D eigenvalue weighted by atomic mass is 19.4. The Morgan fingerprint density at radius 2 is 1.79 bits per heavy atom. The summed E-state index contributed by atoms with van der Waals surface area (Å²) in [6.45, 7) is 0. The fourth-order valence-electron chi connectivity index (χ4n) is 6.16. The standard InChI is InChI=1S/C31H29F4N7O/c1-41-16-36-40-29(41)22-14-20(32)9-10-21(22)19-12-24(18-7-8-18)37-26(13-19)42-15-23(31(33,34)35)27-28(30(42)43)39-25(38-27)11-17-5-3-2-4-6-17/h9-10,12-18H,2-8,11H2,1H3,(H,38,39). The molecule has 0 amide bonds. The highest BCUT2D eigenvalue weighted by Crippen LogP contribution is 2.42. The molecule has 43 heavy (non-hydrogen) atoms. The van der Waals surface area contributed by atoms with Gasteiger partial charge in [-0.05, 0) is 54.2 Å². The van der Waals surface area contributed by atoms with Crippen molar-refractivity contribution >= 4 is 11.0 Å². The number of hydrogen-bond acceptors (Lipinski definition) is 5. The van der Waals surface area contributed by atoms with E-state index in [4.69, 9.17) is 0 Å². The summed E-state index contributed by atoms with van der Waals surface area (Å²) in [5.74, 6) is 0.827. The molecule has 0 unspecified atom stereocenters. The molecule has 12 heteroatoms. The summed E-state index contributed by atoms with van der Waals surface area (Å²) in [4.78, 5) is 25.7. The molecule has 1 aromatic carbocycles. The van der Waals surface area contributed by atoms with Crippen LogP contribution in [0.4, 0.5) is 17.6 Å². The van der Waals surface area contributed by atoms with Gasteiger partial charge < -0.3 is 9.55 Å². The first-order valence-electron chi connectivity index (χ1n) is 14.5. The highest BCUT2D eigenvalue weighted by molar-refractivity contribution is 5.82. The molecule has 4 heterocycles. The number of benzene rings is 1. The molecular formula is C31H29F4N7O. The number of alkyl halides is 3. The van der Waals surface area contributed by atoms with Crippen LogP contribution >= 0.6 is 0 Å². The van der Waals surface area contributed by atoms with Gasteiger partial charge in [0, 0.05) is 36.8 Å². The Morgan fingerprint density at radius 3 is 2.49 bits per heavy atom. The van der Waals surface area contributed by atoms with Crippen molar-refractivity contribution in [3.8, 4) is 28.3 Å². The molecule has 0 atom stereocenters. The summed E-state index contributed by atoms with van der Waals surface area (Å²) in [5.41, 5.74) is 0.0445. The van der Waals surface area contributed by atoms with Gasteiger partial charge in [-0.15, -0.1) is 10.2 Å². The number of fused-ring (bicyclic) bond motifs is 1. The average molecular weight is 592 g/mol. The van der Waals surface area contributed by atoms with Gasteiger partial charge in [-0.3, -0.25) is 9.36 Å². The molecule has 2 aliphatic carbocycles. The number of aromatic nitrogens is 7. The Balaban J connectivity index is 1.40. The Kier molecular flexibility index (Phi) is 6.66. The molecule has 222 valence electrons. The van der Waals surface area contributed by atoms with E-state index in [9.17, 15) is 22.4 Å². The van der Waals surface area contributed by atoms with E-state index >= 15 is 0 Å². The number of H-pyrrole nitrogens is 1. The molecule has 0 spiro atoms. The Bertz CT molecular complexity index is 1890. The number of rotatable bonds is 6. The van der Waals surface area contributed by atoms with E-state index in [1.165, 1.54) is 18.5 Å². The third-order valence-corrected chi connectivity index (χ3v) is 8.53. The van der Waals surface area contributed by atoms with E-state index in [0.717, 1.165) is 55.7 Å². The molecule has 0 saturated heterocycles. The minimum Gasteiger partial charge on any atom is -0.337 e. The maximum atomic E-state index is 14.4. The van der Waals surface area contributed by atoms with Crippen molar-refractivity contribution in [2.24, 2.45) is 13.0 Å². The molecule has 0 bridgehead atoms. The van der Waals surface area contributed by atoms with E-state index in [1.54, 1.807) is 23.7 Å². The third-order valence-electron chi connectivity index (χ3n) is 8.53. The minimum absolute atomic E-state index is 0.0495. The lowest BCUT2D eigenvalue weighted by molar-refractivity contribution is -0.136.